The van der Waals surface area contributed by atoms with Gasteiger partial charge in [-0.25, -0.2) is 4.39 Å². The Kier molecular flexibility index (Phi) is 6.61. The summed E-state index contributed by atoms with van der Waals surface area (Å²) in [4.78, 5) is 28.7. The molecule has 0 spiro atoms. The number of benzene rings is 1. The van der Waals surface area contributed by atoms with Crippen LogP contribution in [0.2, 0.25) is 0 Å². The van der Waals surface area contributed by atoms with Crippen molar-refractivity contribution >= 4 is 11.8 Å². The number of carbonyl (C=O) groups is 2. The van der Waals surface area contributed by atoms with Gasteiger partial charge in [-0.2, -0.15) is 0 Å². The van der Waals surface area contributed by atoms with Crippen LogP contribution in [0.5, 0.6) is 0 Å². The van der Waals surface area contributed by atoms with Crippen LogP contribution in [-0.4, -0.2) is 60.9 Å². The first-order valence-electron chi connectivity index (χ1n) is 9.64. The fourth-order valence-corrected chi connectivity index (χ4v) is 3.79. The van der Waals surface area contributed by atoms with E-state index in [-0.39, 0.29) is 23.5 Å². The van der Waals surface area contributed by atoms with E-state index in [1.165, 1.54) is 25.0 Å². The molecule has 2 fully saturated rings. The molecule has 142 valence electrons. The van der Waals surface area contributed by atoms with Gasteiger partial charge in [0.05, 0.1) is 5.92 Å². The minimum atomic E-state index is -0.261. The standard InChI is InChI=1S/C20H28FN3O2/c21-18-5-3-4-16(14-18)8-12-24-15-17(6-7-19(24)25)20(26)22-9-13-23-10-1-2-11-23/h3-5,14,17H,1-2,6-13,15H2,(H,22,26)/t17-/m0/s1. The fourth-order valence-electron chi connectivity index (χ4n) is 3.79. The molecule has 1 atom stereocenters. The van der Waals surface area contributed by atoms with Crippen LogP contribution >= 0.6 is 0 Å². The predicted octanol–water partition coefficient (Wildman–Crippen LogP) is 1.82. The summed E-state index contributed by atoms with van der Waals surface area (Å²) >= 11 is 0. The summed E-state index contributed by atoms with van der Waals surface area (Å²) in [5, 5.41) is 3.03. The summed E-state index contributed by atoms with van der Waals surface area (Å²) in [5.74, 6) is -0.267. The average Bonchev–Trinajstić information content (AvgIpc) is 3.14. The largest absolute Gasteiger partial charge is 0.355 e. The van der Waals surface area contributed by atoms with Crippen molar-refractivity contribution in [3.8, 4) is 0 Å². The molecule has 2 saturated heterocycles. The molecular weight excluding hydrogens is 333 g/mol. The molecule has 1 N–H and O–H groups in total. The van der Waals surface area contributed by atoms with Crippen molar-refractivity contribution in [1.29, 1.82) is 0 Å². The van der Waals surface area contributed by atoms with E-state index in [0.29, 0.717) is 38.9 Å². The van der Waals surface area contributed by atoms with Crippen molar-refractivity contribution < 1.29 is 14.0 Å². The van der Waals surface area contributed by atoms with E-state index < -0.39 is 0 Å². The van der Waals surface area contributed by atoms with Crippen molar-refractivity contribution in [2.45, 2.75) is 32.1 Å². The number of piperidine rings is 1. The number of hydrogen-bond acceptors (Lipinski definition) is 3. The molecule has 0 radical (unpaired) electrons. The molecule has 0 unspecified atom stereocenters. The quantitative estimate of drug-likeness (QED) is 0.806. The van der Waals surface area contributed by atoms with Crippen molar-refractivity contribution in [1.82, 2.24) is 15.1 Å². The molecule has 1 aromatic rings. The molecule has 2 amide bonds. The van der Waals surface area contributed by atoms with Crippen molar-refractivity contribution in [2.24, 2.45) is 5.92 Å². The smallest absolute Gasteiger partial charge is 0.224 e. The Morgan fingerprint density at radius 3 is 2.81 bits per heavy atom. The van der Waals surface area contributed by atoms with Crippen LogP contribution in [0, 0.1) is 11.7 Å². The molecule has 0 aliphatic carbocycles. The second-order valence-corrected chi connectivity index (χ2v) is 7.30. The van der Waals surface area contributed by atoms with Crippen LogP contribution in [-0.2, 0) is 16.0 Å². The molecule has 0 bridgehead atoms. The summed E-state index contributed by atoms with van der Waals surface area (Å²) in [6, 6.07) is 6.45. The van der Waals surface area contributed by atoms with Gasteiger partial charge in [0.2, 0.25) is 11.8 Å². The van der Waals surface area contributed by atoms with Crippen LogP contribution in [0.25, 0.3) is 0 Å². The van der Waals surface area contributed by atoms with Gasteiger partial charge in [-0.1, -0.05) is 12.1 Å². The lowest BCUT2D eigenvalue weighted by Crippen LogP contribution is -2.47. The summed E-state index contributed by atoms with van der Waals surface area (Å²) < 4.78 is 13.3. The summed E-state index contributed by atoms with van der Waals surface area (Å²) in [7, 11) is 0. The lowest BCUT2D eigenvalue weighted by molar-refractivity contribution is -0.138. The molecule has 2 aliphatic heterocycles. The van der Waals surface area contributed by atoms with Gasteiger partial charge >= 0.3 is 0 Å². The SMILES string of the molecule is O=C(NCCN1CCCC1)[C@H]1CCC(=O)N(CCc2cccc(F)c2)C1. The number of amides is 2. The molecule has 0 saturated carbocycles. The Morgan fingerprint density at radius 1 is 1.23 bits per heavy atom. The first-order valence-corrected chi connectivity index (χ1v) is 9.64. The van der Waals surface area contributed by atoms with Gasteiger partial charge in [0, 0.05) is 32.6 Å². The van der Waals surface area contributed by atoms with E-state index in [1.54, 1.807) is 11.0 Å². The van der Waals surface area contributed by atoms with E-state index >= 15 is 0 Å². The first kappa shape index (κ1) is 18.8. The highest BCUT2D eigenvalue weighted by Gasteiger charge is 2.29. The molecule has 0 aromatic heterocycles. The van der Waals surface area contributed by atoms with Crippen LogP contribution in [0.3, 0.4) is 0 Å². The summed E-state index contributed by atoms with van der Waals surface area (Å²) in [6.07, 6.45) is 4.13. The maximum Gasteiger partial charge on any atom is 0.224 e. The predicted molar refractivity (Wildman–Crippen MR) is 98.1 cm³/mol. The number of carbonyl (C=O) groups excluding carboxylic acids is 2. The van der Waals surface area contributed by atoms with Crippen LogP contribution in [0.4, 0.5) is 4.39 Å². The minimum absolute atomic E-state index is 0.0486. The number of rotatable bonds is 7. The molecule has 2 aliphatic rings. The van der Waals surface area contributed by atoms with E-state index in [1.807, 2.05) is 6.07 Å². The van der Waals surface area contributed by atoms with Gasteiger partial charge in [0.1, 0.15) is 5.82 Å². The van der Waals surface area contributed by atoms with Crippen molar-refractivity contribution in [3.63, 3.8) is 0 Å². The summed E-state index contributed by atoms with van der Waals surface area (Å²) in [5.41, 5.74) is 0.870. The monoisotopic (exact) mass is 361 g/mol. The van der Waals surface area contributed by atoms with Crippen LogP contribution < -0.4 is 5.32 Å². The topological polar surface area (TPSA) is 52.7 Å². The number of nitrogens with zero attached hydrogens (tertiary/aromatic N) is 2. The lowest BCUT2D eigenvalue weighted by Gasteiger charge is -2.32. The second kappa shape index (κ2) is 9.12. The van der Waals surface area contributed by atoms with Gasteiger partial charge in [-0.15, -0.1) is 0 Å². The zero-order chi connectivity index (χ0) is 18.4. The molecule has 6 heteroatoms. The second-order valence-electron chi connectivity index (χ2n) is 7.30. The molecule has 1 aromatic carbocycles. The third-order valence-electron chi connectivity index (χ3n) is 5.36. The van der Waals surface area contributed by atoms with Gasteiger partial charge < -0.3 is 15.1 Å². The van der Waals surface area contributed by atoms with Gasteiger partial charge in [-0.05, 0) is 56.5 Å². The van der Waals surface area contributed by atoms with Crippen LogP contribution in [0.1, 0.15) is 31.2 Å². The van der Waals surface area contributed by atoms with Gasteiger partial charge in [-0.3, -0.25) is 9.59 Å². The average molecular weight is 361 g/mol. The molecule has 3 rings (SSSR count). The molecule has 2 heterocycles. The highest BCUT2D eigenvalue weighted by Crippen LogP contribution is 2.18. The van der Waals surface area contributed by atoms with Crippen molar-refractivity contribution in [2.75, 3.05) is 39.3 Å². The number of halogens is 1. The minimum Gasteiger partial charge on any atom is -0.355 e. The Labute approximate surface area is 154 Å². The van der Waals surface area contributed by atoms with E-state index in [2.05, 4.69) is 10.2 Å². The Hall–Kier alpha value is -1.95. The Morgan fingerprint density at radius 2 is 2.04 bits per heavy atom. The number of likely N-dealkylation sites (tertiary alicyclic amines) is 2. The fraction of sp³-hybridized carbons (Fsp3) is 0.600. The lowest BCUT2D eigenvalue weighted by atomic mass is 9.96. The van der Waals surface area contributed by atoms with E-state index in [9.17, 15) is 14.0 Å². The first-order chi connectivity index (χ1) is 12.6. The Balaban J connectivity index is 1.44. The highest BCUT2D eigenvalue weighted by atomic mass is 19.1. The van der Waals surface area contributed by atoms with E-state index in [4.69, 9.17) is 0 Å². The molecule has 5 nitrogen and oxygen atoms in total. The zero-order valence-electron chi connectivity index (χ0n) is 15.3. The van der Waals surface area contributed by atoms with E-state index in [0.717, 1.165) is 25.2 Å². The molecule has 26 heavy (non-hydrogen) atoms. The molecular formula is C20H28FN3O2. The van der Waals surface area contributed by atoms with Gasteiger partial charge in [0.25, 0.3) is 0 Å². The van der Waals surface area contributed by atoms with Crippen LogP contribution in [0.15, 0.2) is 24.3 Å². The zero-order valence-corrected chi connectivity index (χ0v) is 15.3. The number of nitrogens with one attached hydrogen (secondary N) is 1. The number of hydrogen-bond donors (Lipinski definition) is 1. The summed E-state index contributed by atoms with van der Waals surface area (Å²) in [6.45, 7) is 4.82. The third-order valence-corrected chi connectivity index (χ3v) is 5.36. The normalized spacial score (nSPS) is 21.2. The highest BCUT2D eigenvalue weighted by molar-refractivity contribution is 5.83. The maximum atomic E-state index is 13.3. The Bertz CT molecular complexity index is 631. The third kappa shape index (κ3) is 5.27. The van der Waals surface area contributed by atoms with Crippen molar-refractivity contribution in [3.05, 3.63) is 35.6 Å². The maximum absolute atomic E-state index is 13.3. The van der Waals surface area contributed by atoms with Gasteiger partial charge in [0.15, 0.2) is 0 Å².